The molecule has 2 N–H and O–H groups in total. The van der Waals surface area contributed by atoms with Crippen molar-refractivity contribution in [3.8, 4) is 11.5 Å². The summed E-state index contributed by atoms with van der Waals surface area (Å²) in [5.41, 5.74) is 1.37. The molecular weight excluding hydrogens is 572 g/mol. The van der Waals surface area contributed by atoms with Crippen molar-refractivity contribution < 1.29 is 38.9 Å². The van der Waals surface area contributed by atoms with Gasteiger partial charge in [0.25, 0.3) is 0 Å². The topological polar surface area (TPSA) is 127 Å². The fourth-order valence-electron chi connectivity index (χ4n) is 10.3. The van der Waals surface area contributed by atoms with Crippen LogP contribution in [0, 0.1) is 52.8 Å². The number of esters is 2. The van der Waals surface area contributed by atoms with E-state index in [0.29, 0.717) is 27.3 Å². The lowest BCUT2D eigenvalue weighted by Crippen LogP contribution is -2.39. The second kappa shape index (κ2) is 8.83. The normalized spacial score (nSPS) is 34.6. The van der Waals surface area contributed by atoms with Crippen molar-refractivity contribution in [3.63, 3.8) is 0 Å². The number of carbonyl (C=O) groups excluding carboxylic acids is 2. The third kappa shape index (κ3) is 3.32. The van der Waals surface area contributed by atoms with Crippen LogP contribution in [-0.2, 0) is 24.6 Å². The monoisotopic (exact) mass is 606 g/mol. The van der Waals surface area contributed by atoms with Gasteiger partial charge in [0.1, 0.15) is 11.5 Å². The molecule has 2 fully saturated rings. The maximum Gasteiger partial charge on any atom is 0.315 e. The smallest absolute Gasteiger partial charge is 0.315 e. The minimum absolute atomic E-state index is 0.258. The second-order valence-corrected chi connectivity index (χ2v) is 14.7. The van der Waals surface area contributed by atoms with E-state index in [9.17, 15) is 29.4 Å². The molecule has 3 aromatic rings. The molecule has 2 saturated carbocycles. The molecule has 4 aliphatic carbocycles. The van der Waals surface area contributed by atoms with Gasteiger partial charge in [0.2, 0.25) is 0 Å². The molecule has 0 aromatic heterocycles. The third-order valence-corrected chi connectivity index (χ3v) is 11.7. The molecule has 8 heteroatoms. The predicted octanol–water partition coefficient (Wildman–Crippen LogP) is 6.15. The zero-order valence-corrected chi connectivity index (χ0v) is 25.7. The van der Waals surface area contributed by atoms with E-state index < -0.39 is 76.6 Å². The number of carboxylic acid groups (broad SMARTS) is 2. The van der Waals surface area contributed by atoms with Gasteiger partial charge in [0.15, 0.2) is 0 Å². The minimum Gasteiger partial charge on any atom is -0.481 e. The van der Waals surface area contributed by atoms with Crippen LogP contribution in [0.5, 0.6) is 11.5 Å². The van der Waals surface area contributed by atoms with Crippen molar-refractivity contribution in [1.82, 2.24) is 0 Å². The first kappa shape index (κ1) is 28.0. The quantitative estimate of drug-likeness (QED) is 0.154. The second-order valence-electron chi connectivity index (χ2n) is 14.7. The highest BCUT2D eigenvalue weighted by atomic mass is 16.5. The summed E-state index contributed by atoms with van der Waals surface area (Å²) in [6, 6.07) is 12.9. The summed E-state index contributed by atoms with van der Waals surface area (Å²) in [5, 5.41) is 23.6. The average Bonchev–Trinajstić information content (AvgIpc) is 3.64. The Morgan fingerprint density at radius 3 is 1.60 bits per heavy atom. The molecular formula is C37H34O8. The number of rotatable bonds is 2. The third-order valence-electron chi connectivity index (χ3n) is 11.7. The van der Waals surface area contributed by atoms with Crippen LogP contribution in [0.2, 0.25) is 0 Å². The van der Waals surface area contributed by atoms with E-state index in [1.165, 1.54) is 0 Å². The average molecular weight is 607 g/mol. The van der Waals surface area contributed by atoms with E-state index in [0.717, 1.165) is 16.7 Å². The van der Waals surface area contributed by atoms with Crippen LogP contribution in [-0.4, -0.2) is 34.1 Å². The lowest BCUT2D eigenvalue weighted by Gasteiger charge is -2.38. The molecule has 3 aromatic carbocycles. The molecule has 0 saturated heterocycles. The Balaban J connectivity index is 1.47. The van der Waals surface area contributed by atoms with Crippen LogP contribution < -0.4 is 9.47 Å². The van der Waals surface area contributed by atoms with E-state index in [-0.39, 0.29) is 11.2 Å². The number of carboxylic acids is 2. The van der Waals surface area contributed by atoms with Crippen LogP contribution in [0.25, 0.3) is 21.5 Å². The Morgan fingerprint density at radius 1 is 0.711 bits per heavy atom. The van der Waals surface area contributed by atoms with Crippen molar-refractivity contribution in [3.05, 3.63) is 71.3 Å². The molecule has 0 amide bonds. The summed E-state index contributed by atoms with van der Waals surface area (Å²) in [6.07, 6.45) is 3.90. The first-order valence-electron chi connectivity index (χ1n) is 15.5. The minimum atomic E-state index is -1.13. The SMILES string of the molecule is CC1=CC2C3C(=O)Oc4c5ccccc5c(c5cc(C(C)(C)C)ccc45)OC(=O)C4C(C(=O)O)C5C(C)=CC4C25C1C3C(=O)O. The largest absolute Gasteiger partial charge is 0.481 e. The van der Waals surface area contributed by atoms with E-state index >= 15 is 0 Å². The van der Waals surface area contributed by atoms with Gasteiger partial charge in [-0.3, -0.25) is 19.2 Å². The Labute approximate surface area is 259 Å². The standard InChI is InChI=1S/C37H34O8/c1-15-12-22-24-26(32(38)39)28(15)37(22)23-13-16(2)29(37)27(33(40)41)25(23)35(43)45-31-19-9-7-6-8-18(19)30(44-34(24)42)20-11-10-17(14-21(20)31)36(3,4)5/h6-14,22-29H,1-5H3,(H,38,39)(H,40,41). The molecule has 9 atom stereocenters. The zero-order valence-electron chi connectivity index (χ0n) is 25.7. The molecule has 230 valence electrons. The molecule has 0 radical (unpaired) electrons. The van der Waals surface area contributed by atoms with Crippen molar-refractivity contribution in [2.24, 2.45) is 52.8 Å². The molecule has 9 unspecified atom stereocenters. The highest BCUT2D eigenvalue weighted by Gasteiger charge is 2.80. The van der Waals surface area contributed by atoms with Gasteiger partial charge >= 0.3 is 23.9 Å². The number of ether oxygens (including phenoxy) is 2. The summed E-state index contributed by atoms with van der Waals surface area (Å²) in [7, 11) is 0. The summed E-state index contributed by atoms with van der Waals surface area (Å²) in [6.45, 7) is 9.92. The highest BCUT2D eigenvalue weighted by molar-refractivity contribution is 6.13. The van der Waals surface area contributed by atoms with Crippen molar-refractivity contribution >= 4 is 45.4 Å². The van der Waals surface area contributed by atoms with Crippen LogP contribution in [0.15, 0.2) is 65.8 Å². The molecule has 8 rings (SSSR count). The van der Waals surface area contributed by atoms with Gasteiger partial charge in [0, 0.05) is 33.4 Å². The summed E-state index contributed by atoms with van der Waals surface area (Å²) in [4.78, 5) is 55.3. The number of hydrogen-bond donors (Lipinski definition) is 2. The van der Waals surface area contributed by atoms with E-state index in [1.54, 1.807) is 24.3 Å². The Hall–Kier alpha value is -4.46. The Bertz CT molecular complexity index is 1980. The zero-order chi connectivity index (χ0) is 31.9. The Morgan fingerprint density at radius 2 is 1.16 bits per heavy atom. The van der Waals surface area contributed by atoms with E-state index in [2.05, 4.69) is 20.8 Å². The molecule has 1 heterocycles. The van der Waals surface area contributed by atoms with Gasteiger partial charge < -0.3 is 19.7 Å². The van der Waals surface area contributed by atoms with Gasteiger partial charge in [-0.25, -0.2) is 0 Å². The van der Waals surface area contributed by atoms with Gasteiger partial charge in [-0.1, -0.05) is 80.5 Å². The number of allylic oxidation sites excluding steroid dienone is 4. The maximum absolute atomic E-state index is 14.6. The number of hydrogen-bond acceptors (Lipinski definition) is 6. The summed E-state index contributed by atoms with van der Waals surface area (Å²) in [5.74, 6) is -9.88. The van der Waals surface area contributed by atoms with Gasteiger partial charge in [-0.05, 0) is 48.1 Å². The highest BCUT2D eigenvalue weighted by Crippen LogP contribution is 2.78. The van der Waals surface area contributed by atoms with Crippen molar-refractivity contribution in [2.45, 2.75) is 40.0 Å². The maximum atomic E-state index is 14.6. The fraction of sp³-hybridized carbons (Fsp3) is 0.405. The number of benzene rings is 3. The van der Waals surface area contributed by atoms with Crippen LogP contribution in [0.3, 0.4) is 0 Å². The van der Waals surface area contributed by atoms with E-state index in [1.807, 2.05) is 44.2 Å². The van der Waals surface area contributed by atoms with E-state index in [4.69, 9.17) is 9.47 Å². The summed E-state index contributed by atoms with van der Waals surface area (Å²) < 4.78 is 12.7. The lowest BCUT2D eigenvalue weighted by atomic mass is 9.63. The van der Waals surface area contributed by atoms with Crippen LogP contribution >= 0.6 is 0 Å². The van der Waals surface area contributed by atoms with Crippen LogP contribution in [0.4, 0.5) is 0 Å². The molecule has 1 aliphatic heterocycles. The first-order valence-corrected chi connectivity index (χ1v) is 15.5. The van der Waals surface area contributed by atoms with Gasteiger partial charge in [-0.2, -0.15) is 0 Å². The molecule has 5 aliphatic rings. The van der Waals surface area contributed by atoms with Gasteiger partial charge in [-0.15, -0.1) is 0 Å². The number of carbonyl (C=O) groups is 4. The predicted molar refractivity (Wildman–Crippen MR) is 165 cm³/mol. The molecule has 45 heavy (non-hydrogen) atoms. The number of fused-ring (bicyclic) bond motifs is 3. The number of aliphatic carboxylic acids is 2. The van der Waals surface area contributed by atoms with Crippen molar-refractivity contribution in [2.75, 3.05) is 0 Å². The molecule has 1 spiro atoms. The lowest BCUT2D eigenvalue weighted by molar-refractivity contribution is -0.152. The first-order chi connectivity index (χ1) is 21.3. The summed E-state index contributed by atoms with van der Waals surface area (Å²) >= 11 is 0. The van der Waals surface area contributed by atoms with Crippen molar-refractivity contribution in [1.29, 1.82) is 0 Å². The fourth-order valence-corrected chi connectivity index (χ4v) is 10.3. The van der Waals surface area contributed by atoms with Gasteiger partial charge in [0.05, 0.1) is 23.7 Å². The molecule has 8 nitrogen and oxygen atoms in total. The Kier molecular flexibility index (Phi) is 5.50. The van der Waals surface area contributed by atoms with Crippen LogP contribution in [0.1, 0.15) is 40.2 Å². The molecule has 9 bridgehead atoms.